The fourth-order valence-electron chi connectivity index (χ4n) is 3.58. The summed E-state index contributed by atoms with van der Waals surface area (Å²) in [6, 6.07) is 11.4. The Labute approximate surface area is 213 Å². The maximum atomic E-state index is 13.3. The molecule has 9 nitrogen and oxygen atoms in total. The molecule has 2 aromatic carbocycles. The van der Waals surface area contributed by atoms with E-state index in [1.54, 1.807) is 24.7 Å². The highest BCUT2D eigenvalue weighted by molar-refractivity contribution is 7.90. The second-order valence-corrected chi connectivity index (χ2v) is 10.2. The Bertz CT molecular complexity index is 1540. The Morgan fingerprint density at radius 2 is 1.95 bits per heavy atom. The molecule has 0 radical (unpaired) electrons. The van der Waals surface area contributed by atoms with Gasteiger partial charge < -0.3 is 11.1 Å². The largest absolute Gasteiger partial charge is 0.352 e. The minimum absolute atomic E-state index is 0.0269. The van der Waals surface area contributed by atoms with E-state index < -0.39 is 15.7 Å². The molecule has 11 heteroatoms. The van der Waals surface area contributed by atoms with Crippen LogP contribution in [0.5, 0.6) is 0 Å². The molecule has 2 heterocycles. The van der Waals surface area contributed by atoms with E-state index in [4.69, 9.17) is 5.73 Å². The van der Waals surface area contributed by atoms with Gasteiger partial charge in [0.2, 0.25) is 0 Å². The zero-order valence-corrected chi connectivity index (χ0v) is 20.6. The minimum atomic E-state index is -3.86. The summed E-state index contributed by atoms with van der Waals surface area (Å²) in [6.45, 7) is 0.560. The fourth-order valence-corrected chi connectivity index (χ4v) is 5.00. The number of amides is 1. The number of sulfone groups is 1. The van der Waals surface area contributed by atoms with Crippen molar-refractivity contribution >= 4 is 15.7 Å². The van der Waals surface area contributed by atoms with Gasteiger partial charge in [0.25, 0.3) is 5.91 Å². The van der Waals surface area contributed by atoms with Crippen LogP contribution >= 0.6 is 0 Å². The first-order valence-corrected chi connectivity index (χ1v) is 13.1. The van der Waals surface area contributed by atoms with Gasteiger partial charge in [0.1, 0.15) is 5.82 Å². The van der Waals surface area contributed by atoms with Crippen LogP contribution in [0.15, 0.2) is 72.0 Å². The quantitative estimate of drug-likeness (QED) is 0.229. The third kappa shape index (κ3) is 6.91. The van der Waals surface area contributed by atoms with E-state index in [1.165, 1.54) is 47.1 Å². The standard InChI is InChI=1S/C26H25FN6O3S/c27-23-8-4-19(5-9-23)3-6-21-14-22(26(34)29-12-1-2-20-15-30-31-16-20)7-10-25(21)37(35,36)17-24-11-13-33(18-28)32-24/h4-5,7-11,13-16H,1-2,12,17-18,28H2,(H,29,34)(H,30,31). The number of aromatic amines is 1. The van der Waals surface area contributed by atoms with Crippen molar-refractivity contribution in [3.8, 4) is 11.8 Å². The molecule has 4 N–H and O–H groups in total. The number of carbonyl (C=O) groups excluding carboxylic acids is 1. The number of aromatic nitrogens is 4. The van der Waals surface area contributed by atoms with Crippen LogP contribution in [-0.4, -0.2) is 40.8 Å². The molecule has 4 aromatic rings. The number of rotatable bonds is 9. The number of halogens is 1. The topological polar surface area (TPSA) is 136 Å². The van der Waals surface area contributed by atoms with Gasteiger partial charge in [-0.3, -0.25) is 14.6 Å². The third-order valence-corrected chi connectivity index (χ3v) is 7.17. The first kappa shape index (κ1) is 25.8. The number of nitrogens with zero attached hydrogens (tertiary/aromatic N) is 3. The molecule has 0 aliphatic heterocycles. The number of carbonyl (C=O) groups is 1. The highest BCUT2D eigenvalue weighted by Gasteiger charge is 2.22. The highest BCUT2D eigenvalue weighted by atomic mass is 32.2. The monoisotopic (exact) mass is 520 g/mol. The van der Waals surface area contributed by atoms with Gasteiger partial charge in [-0.2, -0.15) is 10.2 Å². The van der Waals surface area contributed by atoms with Crippen LogP contribution in [0.4, 0.5) is 4.39 Å². The molecule has 0 aliphatic carbocycles. The maximum Gasteiger partial charge on any atom is 0.251 e. The fraction of sp³-hybridized carbons (Fsp3) is 0.192. The first-order valence-electron chi connectivity index (χ1n) is 11.5. The number of hydrogen-bond donors (Lipinski definition) is 3. The molecule has 190 valence electrons. The van der Waals surface area contributed by atoms with Gasteiger partial charge >= 0.3 is 0 Å². The molecule has 0 saturated carbocycles. The van der Waals surface area contributed by atoms with Gasteiger partial charge in [0.05, 0.1) is 29.2 Å². The lowest BCUT2D eigenvalue weighted by Crippen LogP contribution is -2.25. The van der Waals surface area contributed by atoms with E-state index in [9.17, 15) is 17.6 Å². The smallest absolute Gasteiger partial charge is 0.251 e. The summed E-state index contributed by atoms with van der Waals surface area (Å²) < 4.78 is 41.2. The summed E-state index contributed by atoms with van der Waals surface area (Å²) >= 11 is 0. The molecule has 0 bridgehead atoms. The molecule has 0 fully saturated rings. The first-order chi connectivity index (χ1) is 17.8. The average Bonchev–Trinajstić information content (AvgIpc) is 3.58. The van der Waals surface area contributed by atoms with Crippen molar-refractivity contribution in [3.63, 3.8) is 0 Å². The van der Waals surface area contributed by atoms with Crippen LogP contribution in [0, 0.1) is 17.7 Å². The maximum absolute atomic E-state index is 13.3. The van der Waals surface area contributed by atoms with Gasteiger partial charge in [-0.05, 0) is 66.9 Å². The van der Waals surface area contributed by atoms with Gasteiger partial charge in [-0.25, -0.2) is 12.8 Å². The van der Waals surface area contributed by atoms with Crippen molar-refractivity contribution in [1.82, 2.24) is 25.3 Å². The van der Waals surface area contributed by atoms with Crippen molar-refractivity contribution in [2.45, 2.75) is 30.2 Å². The molecule has 4 rings (SSSR count). The van der Waals surface area contributed by atoms with Crippen molar-refractivity contribution < 1.29 is 17.6 Å². The number of nitrogens with one attached hydrogen (secondary N) is 2. The van der Waals surface area contributed by atoms with Crippen molar-refractivity contribution in [2.75, 3.05) is 6.54 Å². The summed E-state index contributed by atoms with van der Waals surface area (Å²) in [5, 5.41) is 13.6. The highest BCUT2D eigenvalue weighted by Crippen LogP contribution is 2.22. The van der Waals surface area contributed by atoms with Crippen LogP contribution in [-0.2, 0) is 28.7 Å². The third-order valence-electron chi connectivity index (χ3n) is 5.47. The molecule has 2 aromatic heterocycles. The minimum Gasteiger partial charge on any atom is -0.352 e. The number of nitrogens with two attached hydrogens (primary N) is 1. The van der Waals surface area contributed by atoms with Crippen molar-refractivity contribution in [1.29, 1.82) is 0 Å². The number of aryl methyl sites for hydroxylation is 1. The van der Waals surface area contributed by atoms with Gasteiger partial charge in [0, 0.05) is 35.6 Å². The summed E-state index contributed by atoms with van der Waals surface area (Å²) in [4.78, 5) is 12.7. The number of H-pyrrole nitrogens is 1. The van der Waals surface area contributed by atoms with E-state index in [-0.39, 0.29) is 34.4 Å². The summed E-state index contributed by atoms with van der Waals surface area (Å²) in [5.74, 6) is 4.60. The van der Waals surface area contributed by atoms with E-state index in [1.807, 2.05) is 0 Å². The molecule has 0 saturated heterocycles. The van der Waals surface area contributed by atoms with E-state index >= 15 is 0 Å². The lowest BCUT2D eigenvalue weighted by Gasteiger charge is -2.09. The molecule has 0 atom stereocenters. The summed E-state index contributed by atoms with van der Waals surface area (Å²) in [7, 11) is -3.86. The molecule has 0 unspecified atom stereocenters. The van der Waals surface area contributed by atoms with Gasteiger partial charge in [-0.1, -0.05) is 11.8 Å². The molecular formula is C26H25FN6O3S. The van der Waals surface area contributed by atoms with E-state index in [0.29, 0.717) is 24.2 Å². The molecule has 0 aliphatic rings. The molecule has 37 heavy (non-hydrogen) atoms. The molecule has 1 amide bonds. The Hall–Kier alpha value is -4.27. The lowest BCUT2D eigenvalue weighted by atomic mass is 10.1. The van der Waals surface area contributed by atoms with Crippen molar-refractivity contribution in [2.24, 2.45) is 5.73 Å². The van der Waals surface area contributed by atoms with Crippen LogP contribution in [0.25, 0.3) is 0 Å². The van der Waals surface area contributed by atoms with Crippen LogP contribution in [0.2, 0.25) is 0 Å². The van der Waals surface area contributed by atoms with Gasteiger partial charge in [-0.15, -0.1) is 0 Å². The van der Waals surface area contributed by atoms with Crippen LogP contribution < -0.4 is 11.1 Å². The Balaban J connectivity index is 1.58. The zero-order valence-electron chi connectivity index (χ0n) is 19.8. The lowest BCUT2D eigenvalue weighted by molar-refractivity contribution is 0.0953. The predicted molar refractivity (Wildman–Crippen MR) is 135 cm³/mol. The van der Waals surface area contributed by atoms with Crippen LogP contribution in [0.3, 0.4) is 0 Å². The Morgan fingerprint density at radius 3 is 2.65 bits per heavy atom. The summed E-state index contributed by atoms with van der Waals surface area (Å²) in [6.07, 6.45) is 6.59. The normalized spacial score (nSPS) is 11.1. The zero-order chi connectivity index (χ0) is 26.3. The number of hydrogen-bond acceptors (Lipinski definition) is 6. The predicted octanol–water partition coefficient (Wildman–Crippen LogP) is 2.40. The van der Waals surface area contributed by atoms with Crippen molar-refractivity contribution in [3.05, 3.63) is 101 Å². The SMILES string of the molecule is NCn1ccc(CS(=O)(=O)c2ccc(C(=O)NCCCc3cn[nH]c3)cc2C#Cc2ccc(F)cc2)n1. The Morgan fingerprint density at radius 1 is 1.14 bits per heavy atom. The Kier molecular flexibility index (Phi) is 8.12. The number of benzene rings is 2. The average molecular weight is 521 g/mol. The summed E-state index contributed by atoms with van der Waals surface area (Å²) in [5.41, 5.74) is 7.86. The second-order valence-electron chi connectivity index (χ2n) is 8.22. The second kappa shape index (κ2) is 11.6. The molecular weight excluding hydrogens is 495 g/mol. The molecule has 0 spiro atoms. The van der Waals surface area contributed by atoms with E-state index in [2.05, 4.69) is 32.5 Å². The van der Waals surface area contributed by atoms with E-state index in [0.717, 1.165) is 12.0 Å². The van der Waals surface area contributed by atoms with Gasteiger partial charge in [0.15, 0.2) is 9.84 Å². The van der Waals surface area contributed by atoms with Crippen LogP contribution in [0.1, 0.15) is 39.2 Å².